The first-order valence-electron chi connectivity index (χ1n) is 6.32. The Morgan fingerprint density at radius 3 is 2.74 bits per heavy atom. The number of rotatable bonds is 5. The molecule has 1 aliphatic carbocycles. The highest BCUT2D eigenvalue weighted by Gasteiger charge is 2.33. The molecule has 1 aromatic rings. The van der Waals surface area contributed by atoms with Gasteiger partial charge in [0.25, 0.3) is 0 Å². The maximum absolute atomic E-state index is 12.2. The van der Waals surface area contributed by atoms with Crippen molar-refractivity contribution in [2.24, 2.45) is 17.6 Å². The van der Waals surface area contributed by atoms with E-state index in [0.29, 0.717) is 22.9 Å². The highest BCUT2D eigenvalue weighted by Crippen LogP contribution is 2.38. The fourth-order valence-electron chi connectivity index (χ4n) is 2.08. The summed E-state index contributed by atoms with van der Waals surface area (Å²) in [7, 11) is 1.55. The predicted molar refractivity (Wildman–Crippen MR) is 79.4 cm³/mol. The molecule has 1 fully saturated rings. The summed E-state index contributed by atoms with van der Waals surface area (Å²) < 4.78 is 5.26. The van der Waals surface area contributed by atoms with E-state index in [-0.39, 0.29) is 16.8 Å². The predicted octanol–water partition coefficient (Wildman–Crippen LogP) is 2.31. The van der Waals surface area contributed by atoms with Crippen LogP contribution in [0.4, 0.5) is 5.69 Å². The number of para-hydroxylation sites is 1. The van der Waals surface area contributed by atoms with Crippen molar-refractivity contribution in [3.63, 3.8) is 0 Å². The minimum atomic E-state index is -0.00972. The number of carbonyl (C=O) groups excluding carboxylic acids is 1. The Morgan fingerprint density at radius 2 is 2.21 bits per heavy atom. The molecule has 19 heavy (non-hydrogen) atoms. The van der Waals surface area contributed by atoms with E-state index in [9.17, 15) is 4.79 Å². The average Bonchev–Trinajstić information content (AvgIpc) is 3.21. The van der Waals surface area contributed by atoms with Crippen LogP contribution in [0.25, 0.3) is 0 Å². The van der Waals surface area contributed by atoms with Gasteiger partial charge in [-0.05, 0) is 30.9 Å². The highest BCUT2D eigenvalue weighted by molar-refractivity contribution is 7.80. The quantitative estimate of drug-likeness (QED) is 0.811. The second-order valence-electron chi connectivity index (χ2n) is 4.86. The molecule has 1 aromatic carbocycles. The third-order valence-electron chi connectivity index (χ3n) is 3.50. The van der Waals surface area contributed by atoms with Gasteiger partial charge in [0.1, 0.15) is 10.7 Å². The highest BCUT2D eigenvalue weighted by atomic mass is 32.1. The van der Waals surface area contributed by atoms with Gasteiger partial charge in [-0.25, -0.2) is 0 Å². The smallest absolute Gasteiger partial charge is 0.227 e. The number of thiocarbonyl (C=S) groups is 1. The van der Waals surface area contributed by atoms with Crippen LogP contribution in [-0.2, 0) is 4.79 Å². The zero-order chi connectivity index (χ0) is 14.0. The summed E-state index contributed by atoms with van der Waals surface area (Å²) >= 11 is 5.01. The van der Waals surface area contributed by atoms with Gasteiger partial charge >= 0.3 is 0 Å². The van der Waals surface area contributed by atoms with Gasteiger partial charge in [0.2, 0.25) is 5.91 Å². The first-order chi connectivity index (χ1) is 9.04. The Bertz CT molecular complexity index is 512. The van der Waals surface area contributed by atoms with Crippen molar-refractivity contribution in [3.8, 4) is 5.75 Å². The Kier molecular flexibility index (Phi) is 4.04. The van der Waals surface area contributed by atoms with Crippen LogP contribution in [-0.4, -0.2) is 18.0 Å². The molecule has 1 unspecified atom stereocenters. The van der Waals surface area contributed by atoms with Gasteiger partial charge in [0.05, 0.1) is 12.8 Å². The number of carbonyl (C=O) groups is 1. The summed E-state index contributed by atoms with van der Waals surface area (Å²) in [4.78, 5) is 12.4. The van der Waals surface area contributed by atoms with Crippen LogP contribution in [0.3, 0.4) is 0 Å². The number of anilines is 1. The topological polar surface area (TPSA) is 64.3 Å². The van der Waals surface area contributed by atoms with Crippen molar-refractivity contribution < 1.29 is 9.53 Å². The van der Waals surface area contributed by atoms with Gasteiger partial charge in [-0.3, -0.25) is 4.79 Å². The molecule has 0 aliphatic heterocycles. The number of amides is 1. The zero-order valence-electron chi connectivity index (χ0n) is 11.1. The summed E-state index contributed by atoms with van der Waals surface area (Å²) in [6.45, 7) is 1.95. The van der Waals surface area contributed by atoms with E-state index in [0.717, 1.165) is 12.8 Å². The fourth-order valence-corrected chi connectivity index (χ4v) is 2.25. The van der Waals surface area contributed by atoms with Crippen LogP contribution in [0.5, 0.6) is 5.75 Å². The molecule has 0 bridgehead atoms. The standard InChI is InChI=1S/C14H18N2O2S/c1-8(9-6-7-9)14(17)16-12-10(13(15)19)4-3-5-11(12)18-2/h3-5,8-9H,6-7H2,1-2H3,(H2,15,19)(H,16,17). The van der Waals surface area contributed by atoms with Crippen LogP contribution < -0.4 is 15.8 Å². The van der Waals surface area contributed by atoms with Crippen LogP contribution in [0, 0.1) is 11.8 Å². The third-order valence-corrected chi connectivity index (χ3v) is 3.72. The van der Waals surface area contributed by atoms with Crippen molar-refractivity contribution >= 4 is 28.8 Å². The molecule has 0 radical (unpaired) electrons. The molecule has 2 rings (SSSR count). The molecule has 1 atom stereocenters. The maximum Gasteiger partial charge on any atom is 0.227 e. The van der Waals surface area contributed by atoms with Gasteiger partial charge in [0, 0.05) is 11.5 Å². The minimum absolute atomic E-state index is 0.00380. The Labute approximate surface area is 118 Å². The maximum atomic E-state index is 12.2. The van der Waals surface area contributed by atoms with E-state index in [1.54, 1.807) is 25.3 Å². The molecule has 3 N–H and O–H groups in total. The lowest BCUT2D eigenvalue weighted by Crippen LogP contribution is -2.24. The number of nitrogens with one attached hydrogen (secondary N) is 1. The lowest BCUT2D eigenvalue weighted by molar-refractivity contribution is -0.119. The molecule has 1 amide bonds. The normalized spacial score (nSPS) is 15.7. The first kappa shape index (κ1) is 13.8. The Morgan fingerprint density at radius 1 is 1.53 bits per heavy atom. The van der Waals surface area contributed by atoms with E-state index in [1.165, 1.54) is 0 Å². The molecular formula is C14H18N2O2S. The molecular weight excluding hydrogens is 260 g/mol. The van der Waals surface area contributed by atoms with Gasteiger partial charge in [-0.15, -0.1) is 0 Å². The van der Waals surface area contributed by atoms with Gasteiger partial charge in [-0.2, -0.15) is 0 Å². The Balaban J connectivity index is 2.26. The van der Waals surface area contributed by atoms with Crippen LogP contribution in [0.1, 0.15) is 25.3 Å². The van der Waals surface area contributed by atoms with Crippen LogP contribution in [0.15, 0.2) is 18.2 Å². The number of hydrogen-bond acceptors (Lipinski definition) is 3. The molecule has 0 aromatic heterocycles. The molecule has 102 valence electrons. The van der Waals surface area contributed by atoms with E-state index < -0.39 is 0 Å². The van der Waals surface area contributed by atoms with Crippen molar-refractivity contribution in [2.75, 3.05) is 12.4 Å². The van der Waals surface area contributed by atoms with Crippen molar-refractivity contribution in [3.05, 3.63) is 23.8 Å². The summed E-state index contributed by atoms with van der Waals surface area (Å²) in [6.07, 6.45) is 2.26. The number of methoxy groups -OCH3 is 1. The number of benzene rings is 1. The molecule has 0 spiro atoms. The lowest BCUT2D eigenvalue weighted by Gasteiger charge is -2.16. The molecule has 1 saturated carbocycles. The van der Waals surface area contributed by atoms with Crippen molar-refractivity contribution in [1.29, 1.82) is 0 Å². The van der Waals surface area contributed by atoms with Crippen molar-refractivity contribution in [1.82, 2.24) is 0 Å². The molecule has 0 saturated heterocycles. The average molecular weight is 278 g/mol. The molecule has 1 aliphatic rings. The summed E-state index contributed by atoms with van der Waals surface area (Å²) in [5, 5.41) is 2.90. The van der Waals surface area contributed by atoms with Gasteiger partial charge in [-0.1, -0.05) is 25.2 Å². The third kappa shape index (κ3) is 3.04. The summed E-state index contributed by atoms with van der Waals surface area (Å²) in [6, 6.07) is 5.36. The van der Waals surface area contributed by atoms with Gasteiger partial charge in [0.15, 0.2) is 0 Å². The Hall–Kier alpha value is -1.62. The molecule has 4 nitrogen and oxygen atoms in total. The first-order valence-corrected chi connectivity index (χ1v) is 6.73. The van der Waals surface area contributed by atoms with Crippen molar-refractivity contribution in [2.45, 2.75) is 19.8 Å². The van der Waals surface area contributed by atoms with E-state index >= 15 is 0 Å². The largest absolute Gasteiger partial charge is 0.495 e. The SMILES string of the molecule is COc1cccc(C(N)=S)c1NC(=O)C(C)C1CC1. The second-order valence-corrected chi connectivity index (χ2v) is 5.30. The second kappa shape index (κ2) is 5.57. The number of nitrogens with two attached hydrogens (primary N) is 1. The molecule has 0 heterocycles. The zero-order valence-corrected chi connectivity index (χ0v) is 11.9. The minimum Gasteiger partial charge on any atom is -0.495 e. The lowest BCUT2D eigenvalue weighted by atomic mass is 10.0. The monoisotopic (exact) mass is 278 g/mol. The fraction of sp³-hybridized carbons (Fsp3) is 0.429. The number of hydrogen-bond donors (Lipinski definition) is 2. The van der Waals surface area contributed by atoms with Gasteiger partial charge < -0.3 is 15.8 Å². The summed E-state index contributed by atoms with van der Waals surface area (Å²) in [5.41, 5.74) is 6.88. The van der Waals surface area contributed by atoms with E-state index in [1.807, 2.05) is 6.92 Å². The van der Waals surface area contributed by atoms with E-state index in [4.69, 9.17) is 22.7 Å². The van der Waals surface area contributed by atoms with Crippen LogP contribution >= 0.6 is 12.2 Å². The summed E-state index contributed by atoms with van der Waals surface area (Å²) in [5.74, 6) is 1.07. The number of ether oxygens (including phenoxy) is 1. The molecule has 5 heteroatoms. The van der Waals surface area contributed by atoms with Crippen LogP contribution in [0.2, 0.25) is 0 Å². The van der Waals surface area contributed by atoms with E-state index in [2.05, 4.69) is 5.32 Å².